The van der Waals surface area contributed by atoms with Gasteiger partial charge in [0.05, 0.1) is 12.1 Å². The van der Waals surface area contributed by atoms with E-state index in [9.17, 15) is 4.79 Å². The Morgan fingerprint density at radius 3 is 2.35 bits per heavy atom. The fourth-order valence-corrected chi connectivity index (χ4v) is 1.52. The predicted molar refractivity (Wildman–Crippen MR) is 63.0 cm³/mol. The molecule has 0 saturated carbocycles. The molecule has 0 aliphatic carbocycles. The number of rotatable bonds is 10. The van der Waals surface area contributed by atoms with Gasteiger partial charge in [0.25, 0.3) is 0 Å². The van der Waals surface area contributed by atoms with E-state index in [0.717, 1.165) is 25.7 Å². The highest BCUT2D eigenvalue weighted by Gasteiger charge is 2.15. The molecule has 17 heavy (non-hydrogen) atoms. The van der Waals surface area contributed by atoms with Crippen molar-refractivity contribution in [3.8, 4) is 12.1 Å². The van der Waals surface area contributed by atoms with Gasteiger partial charge in [-0.25, -0.2) is 0 Å². The molecule has 0 heterocycles. The second-order valence-electron chi connectivity index (χ2n) is 3.86. The molecule has 0 aromatic heterocycles. The van der Waals surface area contributed by atoms with Gasteiger partial charge in [-0.1, -0.05) is 19.3 Å². The number of aliphatic carboxylic acids is 1. The zero-order valence-corrected chi connectivity index (χ0v) is 9.98. The van der Waals surface area contributed by atoms with Crippen LogP contribution in [0.15, 0.2) is 0 Å². The number of carboxylic acids is 1. The van der Waals surface area contributed by atoms with Gasteiger partial charge in [0.1, 0.15) is 6.04 Å². The molecule has 0 spiro atoms. The van der Waals surface area contributed by atoms with Gasteiger partial charge < -0.3 is 10.4 Å². The van der Waals surface area contributed by atoms with Crippen molar-refractivity contribution in [1.29, 1.82) is 10.5 Å². The number of unbranched alkanes of at least 4 members (excludes halogenated alkanes) is 4. The van der Waals surface area contributed by atoms with E-state index in [2.05, 4.69) is 11.4 Å². The van der Waals surface area contributed by atoms with Crippen LogP contribution in [0.4, 0.5) is 0 Å². The first-order valence-electron chi connectivity index (χ1n) is 5.92. The second kappa shape index (κ2) is 10.9. The van der Waals surface area contributed by atoms with Crippen LogP contribution in [0.5, 0.6) is 0 Å². The van der Waals surface area contributed by atoms with Gasteiger partial charge in [-0.05, 0) is 12.8 Å². The fraction of sp³-hybridized carbons (Fsp3) is 0.750. The molecule has 0 radical (unpaired) electrons. The van der Waals surface area contributed by atoms with Crippen molar-refractivity contribution in [2.75, 3.05) is 6.54 Å². The highest BCUT2D eigenvalue weighted by molar-refractivity contribution is 5.73. The van der Waals surface area contributed by atoms with Crippen LogP contribution in [0.2, 0.25) is 0 Å². The van der Waals surface area contributed by atoms with E-state index >= 15 is 0 Å². The van der Waals surface area contributed by atoms with Crippen molar-refractivity contribution >= 4 is 5.97 Å². The van der Waals surface area contributed by atoms with E-state index in [1.165, 1.54) is 0 Å². The number of nitrogens with zero attached hydrogens (tertiary/aromatic N) is 2. The molecule has 0 aliphatic rings. The minimum absolute atomic E-state index is 0.325. The van der Waals surface area contributed by atoms with Crippen LogP contribution in [0.3, 0.4) is 0 Å². The fourth-order valence-electron chi connectivity index (χ4n) is 1.52. The molecule has 0 saturated heterocycles. The van der Waals surface area contributed by atoms with Crippen LogP contribution in [0.25, 0.3) is 0 Å². The van der Waals surface area contributed by atoms with Crippen LogP contribution < -0.4 is 5.32 Å². The number of hydrogen-bond acceptors (Lipinski definition) is 4. The molecule has 0 aromatic rings. The molecular formula is C12H19N3O2. The number of hydrogen-bond donors (Lipinski definition) is 2. The maximum Gasteiger partial charge on any atom is 0.320 e. The van der Waals surface area contributed by atoms with Gasteiger partial charge in [0.15, 0.2) is 0 Å². The summed E-state index contributed by atoms with van der Waals surface area (Å²) >= 11 is 0. The Hall–Kier alpha value is -1.59. The van der Waals surface area contributed by atoms with Crippen LogP contribution >= 0.6 is 0 Å². The lowest BCUT2D eigenvalue weighted by molar-refractivity contribution is -0.139. The lowest BCUT2D eigenvalue weighted by Gasteiger charge is -2.12. The first kappa shape index (κ1) is 15.4. The van der Waals surface area contributed by atoms with Gasteiger partial charge in [-0.2, -0.15) is 10.5 Å². The van der Waals surface area contributed by atoms with Crippen molar-refractivity contribution in [2.24, 2.45) is 0 Å². The summed E-state index contributed by atoms with van der Waals surface area (Å²) in [7, 11) is 0. The Morgan fingerprint density at radius 2 is 1.76 bits per heavy atom. The van der Waals surface area contributed by atoms with Crippen molar-refractivity contribution in [3.05, 3.63) is 0 Å². The van der Waals surface area contributed by atoms with Crippen LogP contribution in [0.1, 0.15) is 44.9 Å². The number of carbonyl (C=O) groups is 1. The molecule has 0 aliphatic heterocycles. The molecule has 0 aromatic carbocycles. The van der Waals surface area contributed by atoms with E-state index in [1.807, 2.05) is 6.07 Å². The molecule has 0 rings (SSSR count). The third kappa shape index (κ3) is 9.35. The van der Waals surface area contributed by atoms with Gasteiger partial charge >= 0.3 is 5.97 Å². The standard InChI is InChI=1S/C12H19N3O2/c13-8-5-3-1-2-4-7-11(12(16)17)15-10-6-9-14/h11,15H,1-7,10H2,(H,16,17). The Morgan fingerprint density at radius 1 is 1.12 bits per heavy atom. The van der Waals surface area contributed by atoms with Crippen LogP contribution in [-0.4, -0.2) is 23.7 Å². The van der Waals surface area contributed by atoms with Crippen molar-refractivity contribution in [1.82, 2.24) is 5.32 Å². The number of nitrogens with one attached hydrogen (secondary N) is 1. The highest BCUT2D eigenvalue weighted by Crippen LogP contribution is 2.07. The maximum absolute atomic E-state index is 10.9. The number of carboxylic acid groups (broad SMARTS) is 1. The summed E-state index contributed by atoms with van der Waals surface area (Å²) in [6.07, 6.45) is 5.11. The topological polar surface area (TPSA) is 96.9 Å². The molecule has 0 bridgehead atoms. The first-order chi connectivity index (χ1) is 8.22. The van der Waals surface area contributed by atoms with E-state index < -0.39 is 12.0 Å². The molecule has 1 atom stereocenters. The quantitative estimate of drug-likeness (QED) is 0.565. The van der Waals surface area contributed by atoms with Crippen LogP contribution in [-0.2, 0) is 4.79 Å². The molecule has 0 amide bonds. The summed E-state index contributed by atoms with van der Waals surface area (Å²) in [6, 6.07) is 3.49. The smallest absolute Gasteiger partial charge is 0.320 e. The Labute approximate surface area is 102 Å². The molecular weight excluding hydrogens is 218 g/mol. The molecule has 5 heteroatoms. The van der Waals surface area contributed by atoms with Crippen molar-refractivity contribution in [2.45, 2.75) is 51.0 Å². The maximum atomic E-state index is 10.9. The Balaban J connectivity index is 3.61. The summed E-state index contributed by atoms with van der Waals surface area (Å²) in [4.78, 5) is 10.9. The normalized spacial score (nSPS) is 11.4. The van der Waals surface area contributed by atoms with Gasteiger partial charge in [0.2, 0.25) is 0 Å². The zero-order chi connectivity index (χ0) is 12.9. The molecule has 0 fully saturated rings. The summed E-state index contributed by atoms with van der Waals surface area (Å²) in [5.74, 6) is -0.861. The van der Waals surface area contributed by atoms with Crippen molar-refractivity contribution < 1.29 is 9.90 Å². The lowest BCUT2D eigenvalue weighted by atomic mass is 10.1. The number of nitriles is 2. The molecule has 94 valence electrons. The average Bonchev–Trinajstić information content (AvgIpc) is 2.31. The summed E-state index contributed by atoms with van der Waals surface area (Å²) in [5, 5.41) is 28.5. The molecule has 2 N–H and O–H groups in total. The Kier molecular flexibility index (Phi) is 9.89. The summed E-state index contributed by atoms with van der Waals surface area (Å²) < 4.78 is 0. The van der Waals surface area contributed by atoms with E-state index in [0.29, 0.717) is 25.8 Å². The third-order valence-corrected chi connectivity index (χ3v) is 2.46. The van der Waals surface area contributed by atoms with Gasteiger partial charge in [-0.15, -0.1) is 0 Å². The molecule has 5 nitrogen and oxygen atoms in total. The molecule has 1 unspecified atom stereocenters. The van der Waals surface area contributed by atoms with Crippen molar-refractivity contribution in [3.63, 3.8) is 0 Å². The average molecular weight is 237 g/mol. The minimum Gasteiger partial charge on any atom is -0.480 e. The highest BCUT2D eigenvalue weighted by atomic mass is 16.4. The minimum atomic E-state index is -0.861. The second-order valence-corrected chi connectivity index (χ2v) is 3.86. The third-order valence-electron chi connectivity index (χ3n) is 2.46. The summed E-state index contributed by atoms with van der Waals surface area (Å²) in [5.41, 5.74) is 0. The van der Waals surface area contributed by atoms with E-state index in [-0.39, 0.29) is 0 Å². The first-order valence-corrected chi connectivity index (χ1v) is 5.92. The zero-order valence-electron chi connectivity index (χ0n) is 9.98. The Bertz CT molecular complexity index is 291. The SMILES string of the molecule is N#CCCCCCCC(NCCC#N)C(=O)O. The van der Waals surface area contributed by atoms with Crippen LogP contribution in [0, 0.1) is 22.7 Å². The van der Waals surface area contributed by atoms with E-state index in [1.54, 1.807) is 0 Å². The lowest BCUT2D eigenvalue weighted by Crippen LogP contribution is -2.37. The largest absolute Gasteiger partial charge is 0.480 e. The predicted octanol–water partition coefficient (Wildman–Crippen LogP) is 1.81. The monoisotopic (exact) mass is 237 g/mol. The van der Waals surface area contributed by atoms with Gasteiger partial charge in [0, 0.05) is 19.4 Å². The van der Waals surface area contributed by atoms with E-state index in [4.69, 9.17) is 15.6 Å². The van der Waals surface area contributed by atoms with Gasteiger partial charge in [-0.3, -0.25) is 4.79 Å². The summed E-state index contributed by atoms with van der Waals surface area (Å²) in [6.45, 7) is 0.419.